The third-order valence-electron chi connectivity index (χ3n) is 7.91. The molecule has 0 N–H and O–H groups in total. The van der Waals surface area contributed by atoms with Crippen LogP contribution < -0.4 is 0 Å². The van der Waals surface area contributed by atoms with Crippen LogP contribution in [0.5, 0.6) is 0 Å². The SMILES string of the molecule is CC1=CCC2C3CC(Br)C4=CC(=O)CCC4(C)C3CCC12C. The summed E-state index contributed by atoms with van der Waals surface area (Å²) >= 11 is 3.95. The van der Waals surface area contributed by atoms with Crippen molar-refractivity contribution in [3.8, 4) is 0 Å². The first-order chi connectivity index (χ1) is 10.4. The van der Waals surface area contributed by atoms with Gasteiger partial charge in [-0.2, -0.15) is 0 Å². The maximum atomic E-state index is 11.9. The minimum atomic E-state index is 0.253. The van der Waals surface area contributed by atoms with E-state index in [0.29, 0.717) is 16.0 Å². The number of allylic oxidation sites excluding steroid dienone is 4. The first-order valence-corrected chi connectivity index (χ1v) is 9.84. The van der Waals surface area contributed by atoms with E-state index in [-0.39, 0.29) is 5.41 Å². The maximum absolute atomic E-state index is 11.9. The Kier molecular flexibility index (Phi) is 3.32. The van der Waals surface area contributed by atoms with E-state index < -0.39 is 0 Å². The molecule has 0 spiro atoms. The Bertz CT molecular complexity index is 589. The Balaban J connectivity index is 1.73. The van der Waals surface area contributed by atoms with Gasteiger partial charge in [-0.1, -0.05) is 41.4 Å². The molecule has 6 atom stereocenters. The van der Waals surface area contributed by atoms with Gasteiger partial charge in [0, 0.05) is 11.2 Å². The van der Waals surface area contributed by atoms with Crippen LogP contribution in [0.15, 0.2) is 23.3 Å². The number of hydrogen-bond acceptors (Lipinski definition) is 1. The number of fused-ring (bicyclic) bond motifs is 5. The zero-order valence-electron chi connectivity index (χ0n) is 14.0. The van der Waals surface area contributed by atoms with Crippen LogP contribution in [0.25, 0.3) is 0 Å². The fourth-order valence-electron chi connectivity index (χ4n) is 6.34. The smallest absolute Gasteiger partial charge is 0.155 e. The minimum absolute atomic E-state index is 0.253. The lowest BCUT2D eigenvalue weighted by atomic mass is 9.47. The second-order valence-electron chi connectivity index (χ2n) is 8.64. The van der Waals surface area contributed by atoms with Crippen LogP contribution in [0.1, 0.15) is 59.3 Å². The van der Waals surface area contributed by atoms with Gasteiger partial charge in [-0.3, -0.25) is 4.79 Å². The van der Waals surface area contributed by atoms with Crippen LogP contribution in [0.2, 0.25) is 0 Å². The summed E-state index contributed by atoms with van der Waals surface area (Å²) in [4.78, 5) is 12.3. The lowest BCUT2D eigenvalue weighted by molar-refractivity contribution is -0.117. The van der Waals surface area contributed by atoms with Gasteiger partial charge >= 0.3 is 0 Å². The highest BCUT2D eigenvalue weighted by atomic mass is 79.9. The van der Waals surface area contributed by atoms with Crippen molar-refractivity contribution in [1.29, 1.82) is 0 Å². The Hall–Kier alpha value is -0.370. The Morgan fingerprint density at radius 3 is 2.73 bits per heavy atom. The van der Waals surface area contributed by atoms with Gasteiger partial charge in [0.1, 0.15) is 0 Å². The highest BCUT2D eigenvalue weighted by molar-refractivity contribution is 9.09. The van der Waals surface area contributed by atoms with E-state index in [9.17, 15) is 4.79 Å². The fourth-order valence-corrected chi connectivity index (χ4v) is 7.43. The molecule has 0 aromatic carbocycles. The fraction of sp³-hybridized carbons (Fsp3) is 0.750. The molecule has 0 aliphatic heterocycles. The monoisotopic (exact) mass is 362 g/mol. The van der Waals surface area contributed by atoms with Crippen molar-refractivity contribution in [1.82, 2.24) is 0 Å². The number of hydrogen-bond donors (Lipinski definition) is 0. The van der Waals surface area contributed by atoms with Crippen molar-refractivity contribution in [3.05, 3.63) is 23.3 Å². The van der Waals surface area contributed by atoms with Gasteiger partial charge in [-0.05, 0) is 79.3 Å². The lowest BCUT2D eigenvalue weighted by Crippen LogP contribution is -2.52. The molecule has 0 radical (unpaired) electrons. The van der Waals surface area contributed by atoms with Crippen molar-refractivity contribution in [2.24, 2.45) is 28.6 Å². The maximum Gasteiger partial charge on any atom is 0.155 e. The zero-order valence-corrected chi connectivity index (χ0v) is 15.6. The zero-order chi connectivity index (χ0) is 15.7. The molecule has 0 aromatic heterocycles. The van der Waals surface area contributed by atoms with E-state index in [1.165, 1.54) is 31.3 Å². The van der Waals surface area contributed by atoms with Crippen molar-refractivity contribution < 1.29 is 4.79 Å². The van der Waals surface area contributed by atoms with E-state index in [2.05, 4.69) is 42.8 Å². The molecule has 0 aromatic rings. The van der Waals surface area contributed by atoms with Gasteiger partial charge in [0.2, 0.25) is 0 Å². The number of carbonyl (C=O) groups is 1. The van der Waals surface area contributed by atoms with Gasteiger partial charge in [0.05, 0.1) is 0 Å². The van der Waals surface area contributed by atoms with Gasteiger partial charge in [0.25, 0.3) is 0 Å². The normalized spacial score (nSPS) is 50.6. The number of rotatable bonds is 0. The molecule has 22 heavy (non-hydrogen) atoms. The molecule has 6 unspecified atom stereocenters. The molecule has 0 amide bonds. The summed E-state index contributed by atoms with van der Waals surface area (Å²) in [5.74, 6) is 2.75. The molecule has 1 nitrogen and oxygen atoms in total. The second-order valence-corrected chi connectivity index (χ2v) is 9.75. The summed E-state index contributed by atoms with van der Waals surface area (Å²) in [6.45, 7) is 7.31. The average Bonchev–Trinajstić information content (AvgIpc) is 2.77. The summed E-state index contributed by atoms with van der Waals surface area (Å²) in [6.07, 6.45) is 11.5. The quantitative estimate of drug-likeness (QED) is 0.413. The highest BCUT2D eigenvalue weighted by Gasteiger charge is 2.58. The largest absolute Gasteiger partial charge is 0.295 e. The van der Waals surface area contributed by atoms with Crippen molar-refractivity contribution >= 4 is 21.7 Å². The topological polar surface area (TPSA) is 17.1 Å². The molecule has 2 fully saturated rings. The number of ketones is 1. The van der Waals surface area contributed by atoms with Crippen LogP contribution in [0.4, 0.5) is 0 Å². The first kappa shape index (κ1) is 15.2. The second kappa shape index (κ2) is 4.82. The van der Waals surface area contributed by atoms with Crippen LogP contribution in [-0.4, -0.2) is 10.6 Å². The van der Waals surface area contributed by atoms with Crippen LogP contribution in [-0.2, 0) is 4.79 Å². The minimum Gasteiger partial charge on any atom is -0.295 e. The van der Waals surface area contributed by atoms with Gasteiger partial charge in [-0.15, -0.1) is 0 Å². The molecule has 2 saturated carbocycles. The summed E-state index contributed by atoms with van der Waals surface area (Å²) in [6, 6.07) is 0. The van der Waals surface area contributed by atoms with E-state index >= 15 is 0 Å². The first-order valence-electron chi connectivity index (χ1n) is 8.92. The van der Waals surface area contributed by atoms with E-state index in [0.717, 1.165) is 30.6 Å². The Morgan fingerprint density at radius 1 is 1.18 bits per heavy atom. The molecule has 4 aliphatic carbocycles. The van der Waals surface area contributed by atoms with E-state index in [1.807, 2.05) is 6.08 Å². The molecular formula is C20H27BrO. The molecule has 0 saturated heterocycles. The number of alkyl halides is 1. The third kappa shape index (κ3) is 1.85. The predicted molar refractivity (Wildman–Crippen MR) is 93.9 cm³/mol. The van der Waals surface area contributed by atoms with Crippen LogP contribution >= 0.6 is 15.9 Å². The third-order valence-corrected chi connectivity index (χ3v) is 8.77. The predicted octanol–water partition coefficient (Wildman–Crippen LogP) is 5.45. The molecular weight excluding hydrogens is 336 g/mol. The summed E-state index contributed by atoms with van der Waals surface area (Å²) in [5.41, 5.74) is 3.74. The van der Waals surface area contributed by atoms with Gasteiger partial charge < -0.3 is 0 Å². The molecule has 0 heterocycles. The standard InChI is InChI=1S/C20H27BrO/c1-12-4-5-15-14-11-18(21)17-10-13(22)6-8-20(17,3)16(14)7-9-19(12,15)2/h4,10,14-16,18H,5-9,11H2,1-3H3. The van der Waals surface area contributed by atoms with E-state index in [4.69, 9.17) is 0 Å². The molecule has 0 bridgehead atoms. The summed E-state index contributed by atoms with van der Waals surface area (Å²) < 4.78 is 0. The van der Waals surface area contributed by atoms with Crippen molar-refractivity contribution in [2.45, 2.75) is 64.1 Å². The number of carbonyl (C=O) groups excluding carboxylic acids is 1. The molecule has 120 valence electrons. The molecule has 4 rings (SSSR count). The Morgan fingerprint density at radius 2 is 1.95 bits per heavy atom. The van der Waals surface area contributed by atoms with Crippen molar-refractivity contribution in [2.75, 3.05) is 0 Å². The Labute approximate surface area is 142 Å². The van der Waals surface area contributed by atoms with Crippen LogP contribution in [0, 0.1) is 28.6 Å². The van der Waals surface area contributed by atoms with Gasteiger partial charge in [-0.25, -0.2) is 0 Å². The number of halogens is 1. The molecule has 4 aliphatic rings. The average molecular weight is 363 g/mol. The van der Waals surface area contributed by atoms with Gasteiger partial charge in [0.15, 0.2) is 5.78 Å². The summed E-state index contributed by atoms with van der Waals surface area (Å²) in [5, 5.41) is 0. The lowest BCUT2D eigenvalue weighted by Gasteiger charge is -2.59. The summed E-state index contributed by atoms with van der Waals surface area (Å²) in [7, 11) is 0. The van der Waals surface area contributed by atoms with Crippen LogP contribution in [0.3, 0.4) is 0 Å². The molecule has 2 heteroatoms. The van der Waals surface area contributed by atoms with Crippen molar-refractivity contribution in [3.63, 3.8) is 0 Å². The van der Waals surface area contributed by atoms with E-state index in [1.54, 1.807) is 5.57 Å². The highest BCUT2D eigenvalue weighted by Crippen LogP contribution is 2.65.